The summed E-state index contributed by atoms with van der Waals surface area (Å²) in [4.78, 5) is 0. The third-order valence-corrected chi connectivity index (χ3v) is 3.22. The fourth-order valence-corrected chi connectivity index (χ4v) is 2.32. The maximum Gasteiger partial charge on any atom is 0.0780 e. The van der Waals surface area contributed by atoms with Gasteiger partial charge in [0.2, 0.25) is 0 Å². The molecule has 5 nitrogen and oxygen atoms in total. The largest absolute Gasteiger partial charge is 0.198 e. The van der Waals surface area contributed by atoms with Gasteiger partial charge < -0.3 is 0 Å². The molecular weight excluding hydrogens is 214 g/mol. The molecule has 0 aromatic rings. The number of nitriles is 5. The summed E-state index contributed by atoms with van der Waals surface area (Å²) in [5.74, 6) is -1.96. The summed E-state index contributed by atoms with van der Waals surface area (Å²) in [7, 11) is 0. The summed E-state index contributed by atoms with van der Waals surface area (Å²) in [6.07, 6.45) is 0.395. The molecule has 0 bridgehead atoms. The van der Waals surface area contributed by atoms with Crippen LogP contribution in [0.4, 0.5) is 0 Å². The van der Waals surface area contributed by atoms with Crippen molar-refractivity contribution in [3.05, 3.63) is 0 Å². The molecule has 0 amide bonds. The summed E-state index contributed by atoms with van der Waals surface area (Å²) in [6, 6.07) is 9.92. The van der Waals surface area contributed by atoms with Gasteiger partial charge in [0.15, 0.2) is 0 Å². The molecule has 0 aromatic heterocycles. The van der Waals surface area contributed by atoms with Crippen molar-refractivity contribution in [1.29, 1.82) is 26.3 Å². The average Bonchev–Trinajstić information content (AvgIpc) is 2.37. The predicted molar refractivity (Wildman–Crippen MR) is 54.8 cm³/mol. The fraction of sp³-hybridized carbons (Fsp3) is 0.583. The summed E-state index contributed by atoms with van der Waals surface area (Å²) in [5, 5.41) is 44.8. The van der Waals surface area contributed by atoms with Gasteiger partial charge in [0.1, 0.15) is 0 Å². The number of nitrogens with zero attached hydrogens (tertiary/aromatic N) is 5. The van der Waals surface area contributed by atoms with Gasteiger partial charge in [0.25, 0.3) is 0 Å². The zero-order valence-electron chi connectivity index (χ0n) is 9.09. The third kappa shape index (κ3) is 2.18. The van der Waals surface area contributed by atoms with Gasteiger partial charge in [-0.3, -0.25) is 0 Å². The highest BCUT2D eigenvalue weighted by Crippen LogP contribution is 2.46. The molecule has 0 heterocycles. The van der Waals surface area contributed by atoms with E-state index in [1.54, 1.807) is 0 Å². The van der Waals surface area contributed by atoms with E-state index >= 15 is 0 Å². The van der Waals surface area contributed by atoms with Gasteiger partial charge in [-0.15, -0.1) is 0 Å². The van der Waals surface area contributed by atoms with Crippen LogP contribution in [0.2, 0.25) is 0 Å². The molecule has 0 N–H and O–H groups in total. The highest BCUT2D eigenvalue weighted by molar-refractivity contribution is 5.18. The Morgan fingerprint density at radius 1 is 0.882 bits per heavy atom. The number of hydrogen-bond donors (Lipinski definition) is 0. The van der Waals surface area contributed by atoms with Crippen molar-refractivity contribution in [3.8, 4) is 30.3 Å². The van der Waals surface area contributed by atoms with Gasteiger partial charge in [-0.1, -0.05) is 0 Å². The van der Waals surface area contributed by atoms with Gasteiger partial charge in [-0.05, 0) is 12.8 Å². The molecule has 0 aliphatic heterocycles. The lowest BCUT2D eigenvalue weighted by Crippen LogP contribution is -2.37. The van der Waals surface area contributed by atoms with Crippen molar-refractivity contribution in [2.45, 2.75) is 19.3 Å². The zero-order chi connectivity index (χ0) is 12.9. The van der Waals surface area contributed by atoms with Crippen molar-refractivity contribution in [1.82, 2.24) is 0 Å². The van der Waals surface area contributed by atoms with Gasteiger partial charge in [0.05, 0.1) is 59.9 Å². The normalized spacial score (nSPS) is 35.4. The van der Waals surface area contributed by atoms with Gasteiger partial charge in [-0.2, -0.15) is 26.3 Å². The molecule has 1 aliphatic rings. The van der Waals surface area contributed by atoms with Crippen LogP contribution in [-0.4, -0.2) is 0 Å². The second-order valence-electron chi connectivity index (χ2n) is 4.26. The minimum Gasteiger partial charge on any atom is -0.198 e. The van der Waals surface area contributed by atoms with E-state index in [0.29, 0.717) is 0 Å². The molecule has 4 atom stereocenters. The molecule has 1 fully saturated rings. The highest BCUT2D eigenvalue weighted by Gasteiger charge is 2.47. The molecule has 17 heavy (non-hydrogen) atoms. The molecule has 0 radical (unpaired) electrons. The van der Waals surface area contributed by atoms with Gasteiger partial charge in [-0.25, -0.2) is 0 Å². The summed E-state index contributed by atoms with van der Waals surface area (Å²) in [5.41, 5.74) is -0.955. The first kappa shape index (κ1) is 12.5. The van der Waals surface area contributed by atoms with Crippen molar-refractivity contribution in [3.63, 3.8) is 0 Å². The maximum absolute atomic E-state index is 9.16. The second-order valence-corrected chi connectivity index (χ2v) is 4.26. The smallest absolute Gasteiger partial charge is 0.0780 e. The van der Waals surface area contributed by atoms with Crippen molar-refractivity contribution < 1.29 is 0 Å². The minimum atomic E-state index is -0.955. The Labute approximate surface area is 99.7 Å². The Bertz CT molecular complexity index is 477. The van der Waals surface area contributed by atoms with Crippen LogP contribution in [0.25, 0.3) is 0 Å². The number of rotatable bonds is 1. The molecule has 3 unspecified atom stereocenters. The lowest BCUT2D eigenvalue weighted by atomic mass is 9.61. The van der Waals surface area contributed by atoms with Crippen molar-refractivity contribution >= 4 is 0 Å². The SMILES string of the molecule is N#CCC1(C#N)CC(C#N)C(C#N)[C@@H](C#N)C1. The Morgan fingerprint density at radius 2 is 1.41 bits per heavy atom. The Morgan fingerprint density at radius 3 is 1.71 bits per heavy atom. The van der Waals surface area contributed by atoms with E-state index in [-0.39, 0.29) is 19.3 Å². The number of hydrogen-bond acceptors (Lipinski definition) is 5. The first-order chi connectivity index (χ1) is 8.16. The van der Waals surface area contributed by atoms with E-state index in [4.69, 9.17) is 26.3 Å². The summed E-state index contributed by atoms with van der Waals surface area (Å²) < 4.78 is 0. The molecular formula is C12H9N5. The standard InChI is InChI=1S/C12H9N5/c13-2-1-12(8-17)3-9(5-14)11(7-16)10(4-12)6-15/h9-11H,1,3-4H2/t9-,10?,11?,12?/m1/s1. The zero-order valence-corrected chi connectivity index (χ0v) is 9.09. The van der Waals surface area contributed by atoms with Crippen molar-refractivity contribution in [2.75, 3.05) is 0 Å². The van der Waals surface area contributed by atoms with E-state index in [1.165, 1.54) is 0 Å². The summed E-state index contributed by atoms with van der Waals surface area (Å²) >= 11 is 0. The maximum atomic E-state index is 9.16. The third-order valence-electron chi connectivity index (χ3n) is 3.22. The van der Waals surface area contributed by atoms with Crippen molar-refractivity contribution in [2.24, 2.45) is 23.2 Å². The Hall–Kier alpha value is -2.55. The first-order valence-corrected chi connectivity index (χ1v) is 5.13. The van der Waals surface area contributed by atoms with Crippen LogP contribution in [0.5, 0.6) is 0 Å². The molecule has 0 aromatic carbocycles. The topological polar surface area (TPSA) is 119 Å². The lowest BCUT2D eigenvalue weighted by molar-refractivity contribution is 0.160. The highest BCUT2D eigenvalue weighted by atomic mass is 14.5. The van der Waals surface area contributed by atoms with E-state index in [2.05, 4.69) is 6.07 Å². The van der Waals surface area contributed by atoms with Crippen LogP contribution in [0.3, 0.4) is 0 Å². The first-order valence-electron chi connectivity index (χ1n) is 5.13. The lowest BCUT2D eigenvalue weighted by Gasteiger charge is -2.36. The Balaban J connectivity index is 3.11. The molecule has 5 heteroatoms. The molecule has 82 valence electrons. The monoisotopic (exact) mass is 223 g/mol. The fourth-order valence-electron chi connectivity index (χ4n) is 2.32. The van der Waals surface area contributed by atoms with Gasteiger partial charge >= 0.3 is 0 Å². The second kappa shape index (κ2) is 4.99. The van der Waals surface area contributed by atoms with Crippen LogP contribution in [0, 0.1) is 79.8 Å². The minimum absolute atomic E-state index is 0.00198. The average molecular weight is 223 g/mol. The van der Waals surface area contributed by atoms with Crippen LogP contribution in [-0.2, 0) is 0 Å². The van der Waals surface area contributed by atoms with Crippen LogP contribution >= 0.6 is 0 Å². The molecule has 0 spiro atoms. The molecule has 0 saturated heterocycles. The van der Waals surface area contributed by atoms with E-state index in [0.717, 1.165) is 0 Å². The van der Waals surface area contributed by atoms with E-state index in [1.807, 2.05) is 24.3 Å². The Kier molecular flexibility index (Phi) is 3.67. The van der Waals surface area contributed by atoms with E-state index < -0.39 is 23.2 Å². The van der Waals surface area contributed by atoms with Crippen LogP contribution in [0.1, 0.15) is 19.3 Å². The van der Waals surface area contributed by atoms with Gasteiger partial charge in [0, 0.05) is 0 Å². The molecule has 1 aliphatic carbocycles. The quantitative estimate of drug-likeness (QED) is 0.668. The summed E-state index contributed by atoms with van der Waals surface area (Å²) in [6.45, 7) is 0. The van der Waals surface area contributed by atoms with E-state index in [9.17, 15) is 0 Å². The molecule has 1 rings (SSSR count). The predicted octanol–water partition coefficient (Wildman–Crippen LogP) is 1.62. The van der Waals surface area contributed by atoms with Crippen LogP contribution in [0.15, 0.2) is 0 Å². The van der Waals surface area contributed by atoms with Crippen LogP contribution < -0.4 is 0 Å². The molecule has 1 saturated carbocycles.